The first-order valence-electron chi connectivity index (χ1n) is 12.1. The highest BCUT2D eigenvalue weighted by atomic mass is 16.5. The summed E-state index contributed by atoms with van der Waals surface area (Å²) in [4.78, 5) is 38.8. The number of piperidine rings is 1. The third-order valence-corrected chi connectivity index (χ3v) is 6.81. The third kappa shape index (κ3) is 5.82. The number of fused-ring (bicyclic) bond motifs is 3. The molecule has 2 aromatic carbocycles. The van der Waals surface area contributed by atoms with Gasteiger partial charge in [-0.1, -0.05) is 48.5 Å². The van der Waals surface area contributed by atoms with Gasteiger partial charge in [-0.05, 0) is 47.4 Å². The van der Waals surface area contributed by atoms with Crippen LogP contribution in [0.25, 0.3) is 11.1 Å². The maximum atomic E-state index is 13.2. The van der Waals surface area contributed by atoms with E-state index in [-0.39, 0.29) is 37.2 Å². The number of alkyl carbamates (subject to hydrolysis) is 1. The van der Waals surface area contributed by atoms with Gasteiger partial charge in [0.25, 0.3) is 0 Å². The molecule has 0 aromatic heterocycles. The number of nitrogens with one attached hydrogen (secondary N) is 1. The summed E-state index contributed by atoms with van der Waals surface area (Å²) in [5, 5.41) is 11.8. The number of carboxylic acids is 1. The number of benzene rings is 2. The number of ether oxygens (including phenoxy) is 2. The summed E-state index contributed by atoms with van der Waals surface area (Å²) >= 11 is 0. The highest BCUT2D eigenvalue weighted by Gasteiger charge is 2.32. The Morgan fingerprint density at radius 3 is 2.34 bits per heavy atom. The lowest BCUT2D eigenvalue weighted by molar-refractivity contribution is -0.138. The van der Waals surface area contributed by atoms with Crippen molar-refractivity contribution in [3.05, 3.63) is 59.7 Å². The van der Waals surface area contributed by atoms with Crippen LogP contribution >= 0.6 is 0 Å². The lowest BCUT2D eigenvalue weighted by Crippen LogP contribution is -2.52. The molecule has 2 atom stereocenters. The number of likely N-dealkylation sites (tertiary alicyclic amines) is 1. The summed E-state index contributed by atoms with van der Waals surface area (Å²) in [6.45, 7) is 1.79. The van der Waals surface area contributed by atoms with E-state index in [1.807, 2.05) is 36.4 Å². The number of hydrogen-bond donors (Lipinski definition) is 2. The minimum atomic E-state index is -1.02. The Morgan fingerprint density at radius 2 is 1.71 bits per heavy atom. The average Bonchev–Trinajstić information content (AvgIpc) is 3.19. The first-order chi connectivity index (χ1) is 17.0. The van der Waals surface area contributed by atoms with Crippen LogP contribution in [0.4, 0.5) is 4.79 Å². The van der Waals surface area contributed by atoms with Gasteiger partial charge in [-0.15, -0.1) is 0 Å². The van der Waals surface area contributed by atoms with Crippen LogP contribution in [0.3, 0.4) is 0 Å². The van der Waals surface area contributed by atoms with Gasteiger partial charge in [-0.3, -0.25) is 9.59 Å². The second-order valence-electron chi connectivity index (χ2n) is 9.20. The Hall–Kier alpha value is -3.39. The van der Waals surface area contributed by atoms with E-state index in [0.717, 1.165) is 35.1 Å². The second kappa shape index (κ2) is 11.4. The molecule has 1 saturated heterocycles. The van der Waals surface area contributed by atoms with Crippen molar-refractivity contribution in [2.45, 2.75) is 37.6 Å². The molecule has 2 amide bonds. The van der Waals surface area contributed by atoms with Crippen LogP contribution < -0.4 is 5.32 Å². The molecule has 1 aliphatic carbocycles. The van der Waals surface area contributed by atoms with Gasteiger partial charge >= 0.3 is 12.1 Å². The monoisotopic (exact) mass is 480 g/mol. The highest BCUT2D eigenvalue weighted by molar-refractivity contribution is 5.86. The average molecular weight is 481 g/mol. The summed E-state index contributed by atoms with van der Waals surface area (Å²) in [6.07, 6.45) is 0.869. The molecule has 2 aliphatic rings. The molecular weight excluding hydrogens is 448 g/mol. The first-order valence-corrected chi connectivity index (χ1v) is 12.1. The number of aliphatic carboxylic acids is 1. The molecule has 1 aliphatic heterocycles. The maximum Gasteiger partial charge on any atom is 0.407 e. The fourth-order valence-corrected chi connectivity index (χ4v) is 5.16. The van der Waals surface area contributed by atoms with Crippen molar-refractivity contribution in [3.63, 3.8) is 0 Å². The second-order valence-corrected chi connectivity index (χ2v) is 9.20. The molecule has 35 heavy (non-hydrogen) atoms. The van der Waals surface area contributed by atoms with Crippen LogP contribution in [-0.4, -0.2) is 67.4 Å². The fraction of sp³-hybridized carbons (Fsp3) is 0.444. The van der Waals surface area contributed by atoms with Crippen LogP contribution in [0, 0.1) is 5.92 Å². The SMILES string of the molecule is COCC1CCCN(C(=O)C(CCC(=O)O)NC(=O)OCC2c3ccccc3-c3ccccc32)C1. The summed E-state index contributed by atoms with van der Waals surface area (Å²) < 4.78 is 10.8. The maximum absolute atomic E-state index is 13.2. The Kier molecular flexibility index (Phi) is 8.02. The molecule has 186 valence electrons. The summed E-state index contributed by atoms with van der Waals surface area (Å²) in [5.41, 5.74) is 4.44. The molecule has 0 spiro atoms. The molecule has 8 heteroatoms. The van der Waals surface area contributed by atoms with Crippen molar-refractivity contribution < 1.29 is 29.0 Å². The lowest BCUT2D eigenvalue weighted by Gasteiger charge is -2.34. The zero-order chi connectivity index (χ0) is 24.8. The Labute approximate surface area is 205 Å². The Balaban J connectivity index is 1.41. The number of carbonyl (C=O) groups excluding carboxylic acids is 2. The van der Waals surface area contributed by atoms with Crippen molar-refractivity contribution >= 4 is 18.0 Å². The smallest absolute Gasteiger partial charge is 0.407 e. The molecule has 0 bridgehead atoms. The molecule has 8 nitrogen and oxygen atoms in total. The molecule has 0 saturated carbocycles. The van der Waals surface area contributed by atoms with Gasteiger partial charge in [0.1, 0.15) is 12.6 Å². The van der Waals surface area contributed by atoms with Crippen molar-refractivity contribution in [2.24, 2.45) is 5.92 Å². The van der Waals surface area contributed by atoms with Crippen molar-refractivity contribution in [1.82, 2.24) is 10.2 Å². The van der Waals surface area contributed by atoms with Gasteiger partial charge in [0.15, 0.2) is 0 Å². The van der Waals surface area contributed by atoms with E-state index in [1.54, 1.807) is 12.0 Å². The minimum Gasteiger partial charge on any atom is -0.481 e. The van der Waals surface area contributed by atoms with Crippen LogP contribution in [-0.2, 0) is 19.1 Å². The number of rotatable bonds is 9. The number of methoxy groups -OCH3 is 1. The van der Waals surface area contributed by atoms with Gasteiger partial charge in [0.2, 0.25) is 5.91 Å². The predicted molar refractivity (Wildman–Crippen MR) is 130 cm³/mol. The lowest BCUT2D eigenvalue weighted by atomic mass is 9.97. The summed E-state index contributed by atoms with van der Waals surface area (Å²) in [5.74, 6) is -1.17. The number of hydrogen-bond acceptors (Lipinski definition) is 5. The Bertz CT molecular complexity index is 1020. The zero-order valence-electron chi connectivity index (χ0n) is 19.9. The molecular formula is C27H32N2O6. The van der Waals surface area contributed by atoms with E-state index in [2.05, 4.69) is 17.4 Å². The predicted octanol–water partition coefficient (Wildman–Crippen LogP) is 3.64. The minimum absolute atomic E-state index is 0.00378. The number of carboxylic acid groups (broad SMARTS) is 1. The number of carbonyl (C=O) groups is 3. The van der Waals surface area contributed by atoms with E-state index in [0.29, 0.717) is 19.7 Å². The van der Waals surface area contributed by atoms with Crippen molar-refractivity contribution in [1.29, 1.82) is 0 Å². The van der Waals surface area contributed by atoms with E-state index in [1.165, 1.54) is 0 Å². The third-order valence-electron chi connectivity index (χ3n) is 6.81. The topological polar surface area (TPSA) is 105 Å². The molecule has 1 heterocycles. The van der Waals surface area contributed by atoms with Gasteiger partial charge < -0.3 is 24.8 Å². The van der Waals surface area contributed by atoms with Crippen molar-refractivity contribution in [3.8, 4) is 11.1 Å². The van der Waals surface area contributed by atoms with E-state index in [4.69, 9.17) is 14.6 Å². The first kappa shape index (κ1) is 24.7. The van der Waals surface area contributed by atoms with Crippen LogP contribution in [0.5, 0.6) is 0 Å². The fourth-order valence-electron chi connectivity index (χ4n) is 5.16. The Morgan fingerprint density at radius 1 is 1.06 bits per heavy atom. The standard InChI is InChI=1S/C27H32N2O6/c1-34-16-18-7-6-14-29(15-18)26(32)24(12-13-25(30)31)28-27(33)35-17-23-21-10-4-2-8-19(21)20-9-3-5-11-22(20)23/h2-5,8-11,18,23-24H,6-7,12-17H2,1H3,(H,28,33)(H,30,31). The summed E-state index contributed by atoms with van der Waals surface area (Å²) in [7, 11) is 1.63. The highest BCUT2D eigenvalue weighted by Crippen LogP contribution is 2.44. The normalized spacial score (nSPS) is 17.9. The van der Waals surface area contributed by atoms with Crippen LogP contribution in [0.15, 0.2) is 48.5 Å². The number of amides is 2. The zero-order valence-corrected chi connectivity index (χ0v) is 19.9. The molecule has 2 N–H and O–H groups in total. The quantitative estimate of drug-likeness (QED) is 0.568. The van der Waals surface area contributed by atoms with Crippen LogP contribution in [0.1, 0.15) is 42.7 Å². The van der Waals surface area contributed by atoms with E-state index < -0.39 is 18.1 Å². The van der Waals surface area contributed by atoms with Gasteiger partial charge in [0, 0.05) is 32.5 Å². The van der Waals surface area contributed by atoms with Gasteiger partial charge in [-0.2, -0.15) is 0 Å². The molecule has 0 radical (unpaired) electrons. The molecule has 2 aromatic rings. The van der Waals surface area contributed by atoms with Gasteiger partial charge in [0.05, 0.1) is 6.61 Å². The molecule has 2 unspecified atom stereocenters. The van der Waals surface area contributed by atoms with Crippen LogP contribution in [0.2, 0.25) is 0 Å². The van der Waals surface area contributed by atoms with Crippen molar-refractivity contribution in [2.75, 3.05) is 33.4 Å². The number of nitrogens with zero attached hydrogens (tertiary/aromatic N) is 1. The molecule has 4 rings (SSSR count). The van der Waals surface area contributed by atoms with E-state index >= 15 is 0 Å². The summed E-state index contributed by atoms with van der Waals surface area (Å²) in [6, 6.07) is 15.1. The van der Waals surface area contributed by atoms with E-state index in [9.17, 15) is 14.4 Å². The largest absolute Gasteiger partial charge is 0.481 e. The van der Waals surface area contributed by atoms with Gasteiger partial charge in [-0.25, -0.2) is 4.79 Å². The molecule has 1 fully saturated rings.